The molecule has 0 spiro atoms. The molecule has 0 saturated carbocycles. The second-order valence-corrected chi connectivity index (χ2v) is 9.96. The molecule has 9 nitrogen and oxygen atoms in total. The van der Waals surface area contributed by atoms with E-state index in [4.69, 9.17) is 14.2 Å². The monoisotopic (exact) mass is 545 g/mol. The number of benzene rings is 2. The molecule has 2 aromatic carbocycles. The first-order valence-electron chi connectivity index (χ1n) is 11.1. The number of alkyl halides is 3. The van der Waals surface area contributed by atoms with Crippen LogP contribution in [-0.2, 0) is 30.5 Å². The van der Waals surface area contributed by atoms with Crippen molar-refractivity contribution in [2.45, 2.75) is 29.7 Å². The standard InChI is InChI=1S/C24H26F3NO8S/c1-34-19-6-8-20(9-7-19)37(32,33)28(10-12-29)11-13-35-22-15-17(14-21(36-22)23(30)31)16-2-4-18(5-3-16)24(25,26)27/h2-9,14,17,22,29H,10-13,15H2,1H3,(H,30,31)/t17-,22+/m0/s1. The molecule has 2 N–H and O–H groups in total. The first-order chi connectivity index (χ1) is 17.5. The van der Waals surface area contributed by atoms with Gasteiger partial charge in [-0.3, -0.25) is 0 Å². The SMILES string of the molecule is COc1ccc(S(=O)(=O)N(CCO)CCO[C@H]2C[C@@H](c3ccc(C(F)(F)F)cc3)C=C(C(=O)O)O2)cc1. The Morgan fingerprint density at radius 3 is 2.30 bits per heavy atom. The number of aliphatic carboxylic acids is 1. The number of nitrogens with zero attached hydrogens (tertiary/aromatic N) is 1. The van der Waals surface area contributed by atoms with Crippen molar-refractivity contribution >= 4 is 16.0 Å². The van der Waals surface area contributed by atoms with Crippen molar-refractivity contribution in [3.05, 3.63) is 71.5 Å². The van der Waals surface area contributed by atoms with Crippen molar-refractivity contribution in [2.75, 3.05) is 33.4 Å². The van der Waals surface area contributed by atoms with Crippen molar-refractivity contribution < 1.29 is 50.8 Å². The molecule has 0 amide bonds. The lowest BCUT2D eigenvalue weighted by Gasteiger charge is -2.29. The van der Waals surface area contributed by atoms with Crippen LogP contribution >= 0.6 is 0 Å². The minimum absolute atomic E-state index is 0.0193. The molecule has 1 heterocycles. The highest BCUT2D eigenvalue weighted by Crippen LogP contribution is 2.34. The van der Waals surface area contributed by atoms with Gasteiger partial charge in [0.2, 0.25) is 22.1 Å². The van der Waals surface area contributed by atoms with Gasteiger partial charge in [0, 0.05) is 25.4 Å². The van der Waals surface area contributed by atoms with Crippen LogP contribution in [0.1, 0.15) is 23.5 Å². The average Bonchev–Trinajstić information content (AvgIpc) is 2.87. The fraction of sp³-hybridized carbons (Fsp3) is 0.375. The Hall–Kier alpha value is -3.13. The fourth-order valence-corrected chi connectivity index (χ4v) is 5.12. The lowest BCUT2D eigenvalue weighted by molar-refractivity contribution is -0.157. The molecule has 202 valence electrons. The van der Waals surface area contributed by atoms with Crippen LogP contribution in [-0.4, -0.2) is 68.6 Å². The van der Waals surface area contributed by atoms with Gasteiger partial charge in [0.25, 0.3) is 0 Å². The Labute approximate surface area is 211 Å². The molecule has 0 aromatic heterocycles. The van der Waals surface area contributed by atoms with E-state index in [9.17, 15) is 36.6 Å². The molecular formula is C24H26F3NO8S. The van der Waals surface area contributed by atoms with E-state index in [1.807, 2.05) is 0 Å². The number of ether oxygens (including phenoxy) is 3. The van der Waals surface area contributed by atoms with E-state index in [1.165, 1.54) is 49.6 Å². The van der Waals surface area contributed by atoms with Crippen LogP contribution in [0.2, 0.25) is 0 Å². The van der Waals surface area contributed by atoms with Crippen molar-refractivity contribution in [1.82, 2.24) is 4.31 Å². The van der Waals surface area contributed by atoms with E-state index in [1.54, 1.807) is 0 Å². The highest BCUT2D eigenvalue weighted by Gasteiger charge is 2.32. The van der Waals surface area contributed by atoms with Crippen LogP contribution < -0.4 is 4.74 Å². The summed E-state index contributed by atoms with van der Waals surface area (Å²) >= 11 is 0. The van der Waals surface area contributed by atoms with E-state index in [0.717, 1.165) is 16.4 Å². The van der Waals surface area contributed by atoms with Crippen LogP contribution in [0, 0.1) is 0 Å². The predicted octanol–water partition coefficient (Wildman–Crippen LogP) is 3.21. The number of aliphatic hydroxyl groups is 1. The molecule has 13 heteroatoms. The average molecular weight is 546 g/mol. The summed E-state index contributed by atoms with van der Waals surface area (Å²) in [5.41, 5.74) is -0.395. The summed E-state index contributed by atoms with van der Waals surface area (Å²) in [4.78, 5) is 11.5. The molecule has 1 aliphatic heterocycles. The first-order valence-corrected chi connectivity index (χ1v) is 12.5. The minimum Gasteiger partial charge on any atom is -0.497 e. The zero-order chi connectivity index (χ0) is 27.2. The van der Waals surface area contributed by atoms with Gasteiger partial charge in [-0.15, -0.1) is 0 Å². The Kier molecular flexibility index (Phi) is 9.18. The molecule has 0 unspecified atom stereocenters. The highest BCUT2D eigenvalue weighted by atomic mass is 32.2. The maximum atomic E-state index is 13.0. The number of aliphatic hydroxyl groups excluding tert-OH is 1. The molecule has 0 saturated heterocycles. The van der Waals surface area contributed by atoms with E-state index in [0.29, 0.717) is 11.3 Å². The van der Waals surface area contributed by atoms with Crippen molar-refractivity contribution in [3.8, 4) is 5.75 Å². The van der Waals surface area contributed by atoms with Crippen molar-refractivity contribution in [3.63, 3.8) is 0 Å². The van der Waals surface area contributed by atoms with Crippen molar-refractivity contribution in [1.29, 1.82) is 0 Å². The molecule has 0 fully saturated rings. The minimum atomic E-state index is -4.51. The maximum absolute atomic E-state index is 13.0. The molecule has 0 bridgehead atoms. The molecule has 0 radical (unpaired) electrons. The van der Waals surface area contributed by atoms with E-state index in [2.05, 4.69) is 0 Å². The summed E-state index contributed by atoms with van der Waals surface area (Å²) in [7, 11) is -2.54. The summed E-state index contributed by atoms with van der Waals surface area (Å²) in [5, 5.41) is 18.8. The van der Waals surface area contributed by atoms with Gasteiger partial charge >= 0.3 is 12.1 Å². The normalized spacial score (nSPS) is 18.3. The van der Waals surface area contributed by atoms with Gasteiger partial charge in [0.1, 0.15) is 5.75 Å². The number of halogens is 3. The van der Waals surface area contributed by atoms with Gasteiger partial charge in [-0.25, -0.2) is 13.2 Å². The summed E-state index contributed by atoms with van der Waals surface area (Å²) < 4.78 is 81.7. The van der Waals surface area contributed by atoms with Gasteiger partial charge in [0.05, 0.1) is 30.8 Å². The van der Waals surface area contributed by atoms with Gasteiger partial charge in [-0.1, -0.05) is 12.1 Å². The lowest BCUT2D eigenvalue weighted by atomic mass is 9.92. The van der Waals surface area contributed by atoms with Crippen LogP contribution in [0.3, 0.4) is 0 Å². The topological polar surface area (TPSA) is 123 Å². The summed E-state index contributed by atoms with van der Waals surface area (Å²) in [6, 6.07) is 10.0. The molecule has 2 atom stereocenters. The Morgan fingerprint density at radius 2 is 1.76 bits per heavy atom. The third kappa shape index (κ3) is 7.22. The number of allylic oxidation sites excluding steroid dienone is 1. The molecule has 1 aliphatic rings. The summed E-state index contributed by atoms with van der Waals surface area (Å²) in [6.45, 7) is -1.03. The number of sulfonamides is 1. The largest absolute Gasteiger partial charge is 0.497 e. The predicted molar refractivity (Wildman–Crippen MR) is 124 cm³/mol. The lowest BCUT2D eigenvalue weighted by Crippen LogP contribution is -2.37. The fourth-order valence-electron chi connectivity index (χ4n) is 3.71. The quantitative estimate of drug-likeness (QED) is 0.442. The molecule has 2 aromatic rings. The Bertz CT molecular complexity index is 1200. The highest BCUT2D eigenvalue weighted by molar-refractivity contribution is 7.89. The maximum Gasteiger partial charge on any atom is 0.416 e. The number of hydrogen-bond acceptors (Lipinski definition) is 7. The van der Waals surface area contributed by atoms with Crippen LogP contribution in [0.5, 0.6) is 5.75 Å². The number of carbonyl (C=O) groups is 1. The summed E-state index contributed by atoms with van der Waals surface area (Å²) in [5.74, 6) is -1.95. The van der Waals surface area contributed by atoms with Gasteiger partial charge < -0.3 is 24.4 Å². The smallest absolute Gasteiger partial charge is 0.416 e. The van der Waals surface area contributed by atoms with Crippen molar-refractivity contribution in [2.24, 2.45) is 0 Å². The second kappa shape index (κ2) is 11.9. The molecular weight excluding hydrogens is 519 g/mol. The number of methoxy groups -OCH3 is 1. The third-order valence-electron chi connectivity index (χ3n) is 5.63. The zero-order valence-corrected chi connectivity index (χ0v) is 20.5. The molecule has 0 aliphatic carbocycles. The Balaban J connectivity index is 1.69. The number of hydrogen-bond donors (Lipinski definition) is 2. The number of carboxylic acids is 1. The van der Waals surface area contributed by atoms with Gasteiger partial charge in [0.15, 0.2) is 0 Å². The third-order valence-corrected chi connectivity index (χ3v) is 7.54. The number of carboxylic acid groups (broad SMARTS) is 1. The first kappa shape index (κ1) is 28.4. The molecule has 37 heavy (non-hydrogen) atoms. The van der Waals surface area contributed by atoms with E-state index >= 15 is 0 Å². The molecule has 3 rings (SSSR count). The van der Waals surface area contributed by atoms with Gasteiger partial charge in [-0.2, -0.15) is 17.5 Å². The second-order valence-electron chi connectivity index (χ2n) is 8.02. The van der Waals surface area contributed by atoms with Crippen LogP contribution in [0.25, 0.3) is 0 Å². The number of rotatable bonds is 11. The van der Waals surface area contributed by atoms with Gasteiger partial charge in [-0.05, 0) is 48.0 Å². The van der Waals surface area contributed by atoms with Crippen LogP contribution in [0.15, 0.2) is 65.3 Å². The van der Waals surface area contributed by atoms with Crippen LogP contribution in [0.4, 0.5) is 13.2 Å². The summed E-state index contributed by atoms with van der Waals surface area (Å²) in [6.07, 6.45) is -4.22. The van der Waals surface area contributed by atoms with E-state index < -0.39 is 52.3 Å². The van der Waals surface area contributed by atoms with E-state index in [-0.39, 0.29) is 31.0 Å². The Morgan fingerprint density at radius 1 is 1.11 bits per heavy atom. The zero-order valence-electron chi connectivity index (χ0n) is 19.7.